The van der Waals surface area contributed by atoms with Crippen molar-refractivity contribution in [2.45, 2.75) is 19.3 Å². The number of nitrogens with zero attached hydrogens (tertiary/aromatic N) is 3. The second kappa shape index (κ2) is 9.36. The van der Waals surface area contributed by atoms with Crippen molar-refractivity contribution >= 4 is 39.1 Å². The smallest absolute Gasteiger partial charge is 0.228 e. The zero-order valence-corrected chi connectivity index (χ0v) is 18.6. The van der Waals surface area contributed by atoms with Crippen LogP contribution in [0.2, 0.25) is 0 Å². The van der Waals surface area contributed by atoms with Crippen LogP contribution in [-0.2, 0) is 20.7 Å². The normalized spacial score (nSPS) is 20.0. The summed E-state index contributed by atoms with van der Waals surface area (Å²) in [6, 6.07) is 8.00. The molecule has 2 saturated heterocycles. The van der Waals surface area contributed by atoms with E-state index in [9.17, 15) is 9.59 Å². The van der Waals surface area contributed by atoms with Crippen LogP contribution in [0.5, 0.6) is 0 Å². The molecular weight excluding hydrogens is 454 g/mol. The molecule has 3 heterocycles. The first-order valence-electron chi connectivity index (χ1n) is 9.95. The van der Waals surface area contributed by atoms with E-state index in [0.717, 1.165) is 33.6 Å². The van der Waals surface area contributed by atoms with Crippen LogP contribution in [0.15, 0.2) is 34.1 Å². The van der Waals surface area contributed by atoms with Gasteiger partial charge in [-0.1, -0.05) is 28.1 Å². The maximum Gasteiger partial charge on any atom is 0.228 e. The minimum Gasteiger partial charge on any atom is -0.378 e. The number of rotatable bonds is 4. The molecule has 1 atom stereocenters. The molecule has 2 aromatic rings. The number of likely N-dealkylation sites (tertiary alicyclic amines) is 1. The van der Waals surface area contributed by atoms with E-state index >= 15 is 0 Å². The molecule has 8 heteroatoms. The number of amides is 2. The summed E-state index contributed by atoms with van der Waals surface area (Å²) in [5.74, 6) is 0.116. The van der Waals surface area contributed by atoms with Gasteiger partial charge in [0.1, 0.15) is 5.01 Å². The second-order valence-electron chi connectivity index (χ2n) is 7.45. The number of thiazole rings is 1. The van der Waals surface area contributed by atoms with E-state index in [1.54, 1.807) is 11.3 Å². The third kappa shape index (κ3) is 5.05. The Morgan fingerprint density at radius 1 is 1.21 bits per heavy atom. The van der Waals surface area contributed by atoms with E-state index in [1.807, 2.05) is 39.4 Å². The predicted molar refractivity (Wildman–Crippen MR) is 116 cm³/mol. The molecule has 154 valence electrons. The molecule has 0 N–H and O–H groups in total. The molecule has 0 aliphatic carbocycles. The molecule has 1 aromatic carbocycles. The number of aromatic nitrogens is 1. The van der Waals surface area contributed by atoms with E-state index in [1.165, 1.54) is 0 Å². The van der Waals surface area contributed by atoms with Gasteiger partial charge in [-0.2, -0.15) is 0 Å². The van der Waals surface area contributed by atoms with Gasteiger partial charge in [-0.3, -0.25) is 9.59 Å². The fourth-order valence-corrected chi connectivity index (χ4v) is 5.07. The molecule has 0 radical (unpaired) electrons. The van der Waals surface area contributed by atoms with Gasteiger partial charge in [0.25, 0.3) is 0 Å². The molecule has 0 spiro atoms. The van der Waals surface area contributed by atoms with Crippen LogP contribution in [-0.4, -0.2) is 66.0 Å². The Labute approximate surface area is 183 Å². The van der Waals surface area contributed by atoms with Gasteiger partial charge in [0, 0.05) is 41.6 Å². The molecule has 1 unspecified atom stereocenters. The SMILES string of the molecule is O=C(Cc1csc(-c2cccc(Br)c2)n1)N1CCCC(C(=O)N2CCOCC2)C1. The predicted octanol–water partition coefficient (Wildman–Crippen LogP) is 3.21. The summed E-state index contributed by atoms with van der Waals surface area (Å²) >= 11 is 5.03. The molecule has 2 amide bonds. The minimum atomic E-state index is -0.0986. The summed E-state index contributed by atoms with van der Waals surface area (Å²) < 4.78 is 6.34. The Hall–Kier alpha value is -1.77. The Morgan fingerprint density at radius 3 is 2.83 bits per heavy atom. The third-order valence-electron chi connectivity index (χ3n) is 5.40. The number of piperidine rings is 1. The Morgan fingerprint density at radius 2 is 2.03 bits per heavy atom. The highest BCUT2D eigenvalue weighted by Crippen LogP contribution is 2.27. The van der Waals surface area contributed by atoms with Crippen molar-refractivity contribution in [1.29, 1.82) is 0 Å². The van der Waals surface area contributed by atoms with Gasteiger partial charge in [-0.15, -0.1) is 11.3 Å². The maximum absolute atomic E-state index is 12.8. The number of hydrogen-bond acceptors (Lipinski definition) is 5. The molecule has 29 heavy (non-hydrogen) atoms. The van der Waals surface area contributed by atoms with Crippen LogP contribution in [0.25, 0.3) is 10.6 Å². The molecule has 2 aliphatic rings. The number of carbonyl (C=O) groups excluding carboxylic acids is 2. The lowest BCUT2D eigenvalue weighted by molar-refractivity contribution is -0.143. The number of ether oxygens (including phenoxy) is 1. The van der Waals surface area contributed by atoms with Crippen LogP contribution in [0.4, 0.5) is 0 Å². The van der Waals surface area contributed by atoms with E-state index in [4.69, 9.17) is 4.74 Å². The van der Waals surface area contributed by atoms with Crippen molar-refractivity contribution in [1.82, 2.24) is 14.8 Å². The average molecular weight is 478 g/mol. The molecule has 4 rings (SSSR count). The third-order valence-corrected chi connectivity index (χ3v) is 6.84. The van der Waals surface area contributed by atoms with Gasteiger partial charge in [0.2, 0.25) is 11.8 Å². The number of morpholine rings is 1. The summed E-state index contributed by atoms with van der Waals surface area (Å²) in [5, 5.41) is 2.86. The topological polar surface area (TPSA) is 62.7 Å². The summed E-state index contributed by atoms with van der Waals surface area (Å²) in [6.45, 7) is 3.74. The lowest BCUT2D eigenvalue weighted by atomic mass is 9.96. The minimum absolute atomic E-state index is 0.0515. The van der Waals surface area contributed by atoms with Crippen molar-refractivity contribution in [3.63, 3.8) is 0 Å². The monoisotopic (exact) mass is 477 g/mol. The first-order valence-corrected chi connectivity index (χ1v) is 11.6. The maximum atomic E-state index is 12.8. The van der Waals surface area contributed by atoms with Crippen molar-refractivity contribution in [3.05, 3.63) is 39.8 Å². The zero-order chi connectivity index (χ0) is 20.2. The molecule has 2 fully saturated rings. The highest BCUT2D eigenvalue weighted by molar-refractivity contribution is 9.10. The van der Waals surface area contributed by atoms with Crippen LogP contribution in [0.3, 0.4) is 0 Å². The summed E-state index contributed by atoms with van der Waals surface area (Å²) in [6.07, 6.45) is 2.00. The van der Waals surface area contributed by atoms with Gasteiger partial charge in [-0.25, -0.2) is 4.98 Å². The number of carbonyl (C=O) groups is 2. The summed E-state index contributed by atoms with van der Waals surface area (Å²) in [7, 11) is 0. The number of halogens is 1. The number of benzene rings is 1. The standard InChI is InChI=1S/C21H24BrN3O3S/c22-17-5-1-3-15(11-17)20-23-18(14-29-20)12-19(26)25-6-2-4-16(13-25)21(27)24-7-9-28-10-8-24/h1,3,5,11,14,16H,2,4,6-10,12-13H2. The highest BCUT2D eigenvalue weighted by atomic mass is 79.9. The van der Waals surface area contributed by atoms with Gasteiger partial charge < -0.3 is 14.5 Å². The largest absolute Gasteiger partial charge is 0.378 e. The fourth-order valence-electron chi connectivity index (χ4n) is 3.86. The number of hydrogen-bond donors (Lipinski definition) is 0. The van der Waals surface area contributed by atoms with E-state index in [-0.39, 0.29) is 24.2 Å². The first-order chi connectivity index (χ1) is 14.1. The lowest BCUT2D eigenvalue weighted by Gasteiger charge is -2.36. The van der Waals surface area contributed by atoms with Crippen molar-refractivity contribution in [2.75, 3.05) is 39.4 Å². The first kappa shape index (κ1) is 20.5. The Balaban J connectivity index is 1.36. The van der Waals surface area contributed by atoms with Crippen molar-refractivity contribution < 1.29 is 14.3 Å². The van der Waals surface area contributed by atoms with E-state index < -0.39 is 0 Å². The zero-order valence-electron chi connectivity index (χ0n) is 16.2. The highest BCUT2D eigenvalue weighted by Gasteiger charge is 2.32. The molecular formula is C21H24BrN3O3S. The van der Waals surface area contributed by atoms with Crippen LogP contribution in [0, 0.1) is 5.92 Å². The van der Waals surface area contributed by atoms with Crippen LogP contribution in [0.1, 0.15) is 18.5 Å². The molecule has 0 saturated carbocycles. The second-order valence-corrected chi connectivity index (χ2v) is 9.22. The van der Waals surface area contributed by atoms with Gasteiger partial charge >= 0.3 is 0 Å². The lowest BCUT2D eigenvalue weighted by Crippen LogP contribution is -2.49. The van der Waals surface area contributed by atoms with Crippen molar-refractivity contribution in [3.8, 4) is 10.6 Å². The van der Waals surface area contributed by atoms with Crippen LogP contribution >= 0.6 is 27.3 Å². The average Bonchev–Trinajstić information content (AvgIpc) is 3.22. The molecule has 0 bridgehead atoms. The van der Waals surface area contributed by atoms with Gasteiger partial charge in [-0.05, 0) is 25.0 Å². The molecule has 6 nitrogen and oxygen atoms in total. The van der Waals surface area contributed by atoms with Gasteiger partial charge in [0.05, 0.1) is 31.2 Å². The summed E-state index contributed by atoms with van der Waals surface area (Å²) in [4.78, 5) is 34.0. The van der Waals surface area contributed by atoms with E-state index in [2.05, 4.69) is 20.9 Å². The molecule has 2 aliphatic heterocycles. The van der Waals surface area contributed by atoms with Crippen molar-refractivity contribution in [2.24, 2.45) is 5.92 Å². The Bertz CT molecular complexity index is 882. The molecule has 1 aromatic heterocycles. The Kier molecular flexibility index (Phi) is 6.62. The van der Waals surface area contributed by atoms with E-state index in [0.29, 0.717) is 39.4 Å². The summed E-state index contributed by atoms with van der Waals surface area (Å²) in [5.41, 5.74) is 1.83. The van der Waals surface area contributed by atoms with Crippen LogP contribution < -0.4 is 0 Å². The van der Waals surface area contributed by atoms with Gasteiger partial charge in [0.15, 0.2) is 0 Å². The quantitative estimate of drug-likeness (QED) is 0.677. The fraction of sp³-hybridized carbons (Fsp3) is 0.476.